The molecule has 4 N–H and O–H groups in total. The molecular formula is C19H31Cl2N5O2. The van der Waals surface area contributed by atoms with Crippen LogP contribution in [0.1, 0.15) is 13.8 Å². The zero-order chi connectivity index (χ0) is 19.3. The number of hydrogen-bond acceptors (Lipinski definition) is 4. The van der Waals surface area contributed by atoms with Crippen LogP contribution in [0.3, 0.4) is 0 Å². The Morgan fingerprint density at radius 2 is 1.86 bits per heavy atom. The van der Waals surface area contributed by atoms with Gasteiger partial charge in [-0.1, -0.05) is 19.9 Å². The minimum absolute atomic E-state index is 0. The number of fused-ring (bicyclic) bond motifs is 1. The number of nitrogens with two attached hydrogens (primary N) is 1. The van der Waals surface area contributed by atoms with Crippen molar-refractivity contribution in [3.8, 4) is 0 Å². The highest BCUT2D eigenvalue weighted by atomic mass is 35.5. The van der Waals surface area contributed by atoms with E-state index in [9.17, 15) is 9.59 Å². The molecule has 0 saturated heterocycles. The topological polar surface area (TPSA) is 92.4 Å². The molecule has 0 aliphatic heterocycles. The van der Waals surface area contributed by atoms with Crippen molar-refractivity contribution in [1.82, 2.24) is 14.8 Å². The number of carbonyl (C=O) groups is 2. The van der Waals surface area contributed by atoms with E-state index in [4.69, 9.17) is 5.73 Å². The lowest BCUT2D eigenvalue weighted by molar-refractivity contribution is -0.125. The van der Waals surface area contributed by atoms with Gasteiger partial charge in [-0.05, 0) is 43.6 Å². The molecule has 2 rings (SSSR count). The second-order valence-corrected chi connectivity index (χ2v) is 7.12. The Hall–Kier alpha value is -1.80. The fourth-order valence-corrected chi connectivity index (χ4v) is 2.56. The van der Waals surface area contributed by atoms with Crippen molar-refractivity contribution < 1.29 is 9.59 Å². The SMILES string of the molecule is CC(C)[C@H](N)C(=O)NCC(=O)Nc1ccc2ccn(CCN(C)C)c2c1.Cl.Cl. The standard InChI is InChI=1S/C19H29N5O2.2ClH/c1-13(2)18(20)19(26)21-12-17(25)22-15-6-5-14-7-8-24(16(14)11-15)10-9-23(3)4;;/h5-8,11,13,18H,9-10,12,20H2,1-4H3,(H,21,26)(H,22,25);2*1H/t18-;;/m0../s1. The molecule has 2 aromatic rings. The number of halogens is 2. The van der Waals surface area contributed by atoms with Gasteiger partial charge in [0.2, 0.25) is 11.8 Å². The number of nitrogens with one attached hydrogen (secondary N) is 2. The Bertz CT molecular complexity index is 777. The molecule has 0 spiro atoms. The number of benzene rings is 1. The van der Waals surface area contributed by atoms with Crippen LogP contribution in [0.2, 0.25) is 0 Å². The van der Waals surface area contributed by atoms with Gasteiger partial charge in [0.15, 0.2) is 0 Å². The minimum atomic E-state index is -0.612. The second kappa shape index (κ2) is 11.9. The predicted octanol–water partition coefficient (Wildman–Crippen LogP) is 2.08. The molecule has 0 aliphatic rings. The molecule has 2 amide bonds. The first-order valence-electron chi connectivity index (χ1n) is 8.84. The molecule has 1 atom stereocenters. The molecule has 9 heteroatoms. The van der Waals surface area contributed by atoms with E-state index in [1.165, 1.54) is 0 Å². The van der Waals surface area contributed by atoms with E-state index >= 15 is 0 Å². The van der Waals surface area contributed by atoms with Gasteiger partial charge < -0.3 is 25.8 Å². The minimum Gasteiger partial charge on any atom is -0.346 e. The van der Waals surface area contributed by atoms with Crippen molar-refractivity contribution in [1.29, 1.82) is 0 Å². The third kappa shape index (κ3) is 7.31. The lowest BCUT2D eigenvalue weighted by Gasteiger charge is -2.15. The number of rotatable bonds is 8. The van der Waals surface area contributed by atoms with E-state index < -0.39 is 6.04 Å². The monoisotopic (exact) mass is 431 g/mol. The van der Waals surface area contributed by atoms with Crippen molar-refractivity contribution in [2.24, 2.45) is 11.7 Å². The van der Waals surface area contributed by atoms with Gasteiger partial charge in [0.25, 0.3) is 0 Å². The molecule has 0 bridgehead atoms. The lowest BCUT2D eigenvalue weighted by atomic mass is 10.1. The first-order valence-corrected chi connectivity index (χ1v) is 8.84. The molecule has 0 radical (unpaired) electrons. The van der Waals surface area contributed by atoms with E-state index in [1.54, 1.807) is 0 Å². The molecule has 1 heterocycles. The smallest absolute Gasteiger partial charge is 0.243 e. The van der Waals surface area contributed by atoms with Crippen LogP contribution < -0.4 is 16.4 Å². The summed E-state index contributed by atoms with van der Waals surface area (Å²) < 4.78 is 2.16. The van der Waals surface area contributed by atoms with Crippen molar-refractivity contribution in [2.45, 2.75) is 26.4 Å². The Labute approximate surface area is 178 Å². The molecule has 1 aromatic carbocycles. The largest absolute Gasteiger partial charge is 0.346 e. The molecule has 28 heavy (non-hydrogen) atoms. The quantitative estimate of drug-likeness (QED) is 0.596. The van der Waals surface area contributed by atoms with Crippen molar-refractivity contribution >= 4 is 53.2 Å². The van der Waals surface area contributed by atoms with Gasteiger partial charge in [0.05, 0.1) is 18.1 Å². The molecule has 7 nitrogen and oxygen atoms in total. The first-order chi connectivity index (χ1) is 12.3. The summed E-state index contributed by atoms with van der Waals surface area (Å²) in [6.45, 7) is 5.44. The summed E-state index contributed by atoms with van der Waals surface area (Å²) in [5.74, 6) is -0.571. The molecule has 0 aliphatic carbocycles. The normalized spacial score (nSPS) is 11.7. The highest BCUT2D eigenvalue weighted by Crippen LogP contribution is 2.20. The third-order valence-electron chi connectivity index (χ3n) is 4.29. The molecule has 0 saturated carbocycles. The van der Waals surface area contributed by atoms with Crippen LogP contribution in [0.15, 0.2) is 30.5 Å². The Kier molecular flexibility index (Phi) is 11.1. The summed E-state index contributed by atoms with van der Waals surface area (Å²) in [5.41, 5.74) is 7.53. The van der Waals surface area contributed by atoms with E-state index in [0.717, 1.165) is 24.0 Å². The van der Waals surface area contributed by atoms with Gasteiger partial charge in [0, 0.05) is 25.0 Å². The molecule has 0 fully saturated rings. The summed E-state index contributed by atoms with van der Waals surface area (Å²) in [6, 6.07) is 7.23. The second-order valence-electron chi connectivity index (χ2n) is 7.12. The Morgan fingerprint density at radius 3 is 2.46 bits per heavy atom. The maximum atomic E-state index is 12.1. The summed E-state index contributed by atoms with van der Waals surface area (Å²) in [7, 11) is 4.08. The number of hydrogen-bond donors (Lipinski definition) is 3. The van der Waals surface area contributed by atoms with Gasteiger partial charge in [-0.15, -0.1) is 24.8 Å². The Morgan fingerprint density at radius 1 is 1.18 bits per heavy atom. The van der Waals surface area contributed by atoms with Gasteiger partial charge >= 0.3 is 0 Å². The van der Waals surface area contributed by atoms with Gasteiger partial charge in [-0.25, -0.2) is 0 Å². The van der Waals surface area contributed by atoms with Crippen molar-refractivity contribution in [2.75, 3.05) is 32.5 Å². The zero-order valence-electron chi connectivity index (χ0n) is 16.8. The summed E-state index contributed by atoms with van der Waals surface area (Å²) in [4.78, 5) is 26.1. The zero-order valence-corrected chi connectivity index (χ0v) is 18.4. The fourth-order valence-electron chi connectivity index (χ4n) is 2.56. The lowest BCUT2D eigenvalue weighted by Crippen LogP contribution is -2.46. The summed E-state index contributed by atoms with van der Waals surface area (Å²) in [5, 5.41) is 6.52. The van der Waals surface area contributed by atoms with E-state index in [0.29, 0.717) is 5.69 Å². The van der Waals surface area contributed by atoms with Gasteiger partial charge in [-0.2, -0.15) is 0 Å². The van der Waals surface area contributed by atoms with Crippen molar-refractivity contribution in [3.05, 3.63) is 30.5 Å². The van der Waals surface area contributed by atoms with Crippen LogP contribution >= 0.6 is 24.8 Å². The number of carbonyl (C=O) groups excluding carboxylic acids is 2. The maximum absolute atomic E-state index is 12.1. The number of likely N-dealkylation sites (N-methyl/N-ethyl adjacent to an activating group) is 1. The van der Waals surface area contributed by atoms with Crippen LogP contribution in [0, 0.1) is 5.92 Å². The van der Waals surface area contributed by atoms with Crippen LogP contribution in [0.25, 0.3) is 10.9 Å². The number of anilines is 1. The molecule has 0 unspecified atom stereocenters. The van der Waals surface area contributed by atoms with Crippen molar-refractivity contribution in [3.63, 3.8) is 0 Å². The number of amides is 2. The summed E-state index contributed by atoms with van der Waals surface area (Å²) in [6.07, 6.45) is 2.05. The van der Waals surface area contributed by atoms with Crippen LogP contribution in [0.4, 0.5) is 5.69 Å². The third-order valence-corrected chi connectivity index (χ3v) is 4.29. The van der Waals surface area contributed by atoms with Crippen LogP contribution in [0.5, 0.6) is 0 Å². The van der Waals surface area contributed by atoms with E-state index in [2.05, 4.69) is 26.2 Å². The Balaban J connectivity index is 0.00000364. The highest BCUT2D eigenvalue weighted by Gasteiger charge is 2.17. The first kappa shape index (κ1) is 26.2. The highest BCUT2D eigenvalue weighted by molar-refractivity contribution is 5.97. The number of aromatic nitrogens is 1. The number of nitrogens with zero attached hydrogens (tertiary/aromatic N) is 2. The molecule has 158 valence electrons. The van der Waals surface area contributed by atoms with E-state index in [-0.39, 0.29) is 49.1 Å². The predicted molar refractivity (Wildman–Crippen MR) is 119 cm³/mol. The van der Waals surface area contributed by atoms with Crippen LogP contribution in [-0.4, -0.2) is 54.5 Å². The molecular weight excluding hydrogens is 401 g/mol. The maximum Gasteiger partial charge on any atom is 0.243 e. The van der Waals surface area contributed by atoms with E-state index in [1.807, 2.05) is 52.3 Å². The molecule has 1 aromatic heterocycles. The average molecular weight is 432 g/mol. The van der Waals surface area contributed by atoms with Crippen LogP contribution in [-0.2, 0) is 16.1 Å². The fraction of sp³-hybridized carbons (Fsp3) is 0.474. The van der Waals surface area contributed by atoms with Gasteiger partial charge in [0.1, 0.15) is 0 Å². The summed E-state index contributed by atoms with van der Waals surface area (Å²) >= 11 is 0. The average Bonchev–Trinajstić information content (AvgIpc) is 2.99. The van der Waals surface area contributed by atoms with Gasteiger partial charge in [-0.3, -0.25) is 9.59 Å².